The van der Waals surface area contributed by atoms with Crippen LogP contribution in [0.2, 0.25) is 0 Å². The maximum atomic E-state index is 14.0. The number of fused-ring (bicyclic) bond motifs is 1. The van der Waals surface area contributed by atoms with Crippen LogP contribution < -0.4 is 0 Å². The molecule has 2 aliphatic heterocycles. The van der Waals surface area contributed by atoms with Gasteiger partial charge in [-0.3, -0.25) is 14.4 Å². The number of hydrogen-bond acceptors (Lipinski definition) is 5. The lowest BCUT2D eigenvalue weighted by Gasteiger charge is -2.46. The molecule has 167 valence electrons. The number of rotatable bonds is 4. The molecule has 3 aromatic heterocycles. The van der Waals surface area contributed by atoms with E-state index in [1.54, 1.807) is 29.4 Å². The number of nitrogens with one attached hydrogen (secondary N) is 1. The number of likely N-dealkylation sites (tertiary alicyclic amines) is 2. The van der Waals surface area contributed by atoms with Crippen LogP contribution in [-0.4, -0.2) is 72.7 Å². The molecule has 33 heavy (non-hydrogen) atoms. The second kappa shape index (κ2) is 8.08. The fraction of sp³-hybridized carbons (Fsp3) is 0.292. The third-order valence-corrected chi connectivity index (χ3v) is 6.68. The van der Waals surface area contributed by atoms with Crippen LogP contribution in [0.4, 0.5) is 4.39 Å². The van der Waals surface area contributed by atoms with E-state index in [1.165, 1.54) is 12.1 Å². The van der Waals surface area contributed by atoms with E-state index in [2.05, 4.69) is 25.0 Å². The molecular formula is C24H23FN7O. The normalized spacial score (nSPS) is 18.0. The summed E-state index contributed by atoms with van der Waals surface area (Å²) in [5, 5.41) is 5.54. The van der Waals surface area contributed by atoms with E-state index in [0.717, 1.165) is 48.2 Å². The molecule has 1 amide bonds. The number of carbonyl (C=O) groups is 1. The van der Waals surface area contributed by atoms with Gasteiger partial charge in [-0.1, -0.05) is 12.1 Å². The predicted octanol–water partition coefficient (Wildman–Crippen LogP) is 2.96. The van der Waals surface area contributed by atoms with Gasteiger partial charge in [0.2, 0.25) is 0 Å². The predicted molar refractivity (Wildman–Crippen MR) is 121 cm³/mol. The molecule has 0 atom stereocenters. The molecule has 0 unspecified atom stereocenters. The number of amides is 1. The monoisotopic (exact) mass is 444 g/mol. The van der Waals surface area contributed by atoms with E-state index in [-0.39, 0.29) is 11.5 Å². The van der Waals surface area contributed by atoms with Crippen molar-refractivity contribution in [3.05, 3.63) is 72.7 Å². The summed E-state index contributed by atoms with van der Waals surface area (Å²) in [6.45, 7) is 3.01. The molecule has 0 spiro atoms. The lowest BCUT2D eigenvalue weighted by Crippen LogP contribution is -2.56. The Labute approximate surface area is 190 Å². The molecule has 8 nitrogen and oxygen atoms in total. The van der Waals surface area contributed by atoms with Gasteiger partial charge in [-0.15, -0.1) is 0 Å². The van der Waals surface area contributed by atoms with Gasteiger partial charge < -0.3 is 9.88 Å². The zero-order valence-corrected chi connectivity index (χ0v) is 18.0. The zero-order chi connectivity index (χ0) is 22.4. The van der Waals surface area contributed by atoms with Crippen LogP contribution in [0.5, 0.6) is 0 Å². The quantitative estimate of drug-likeness (QED) is 0.523. The first kappa shape index (κ1) is 20.0. The summed E-state index contributed by atoms with van der Waals surface area (Å²) < 4.78 is 15.9. The topological polar surface area (TPSA) is 82.9 Å². The average Bonchev–Trinajstić information content (AvgIpc) is 3.48. The molecule has 0 aliphatic carbocycles. The zero-order valence-electron chi connectivity index (χ0n) is 18.0. The van der Waals surface area contributed by atoms with Gasteiger partial charge in [-0.25, -0.2) is 14.4 Å². The second-order valence-corrected chi connectivity index (χ2v) is 8.61. The molecule has 1 N–H and O–H groups in total. The van der Waals surface area contributed by atoms with E-state index in [9.17, 15) is 9.18 Å². The lowest BCUT2D eigenvalue weighted by molar-refractivity contribution is 0.0511. The maximum Gasteiger partial charge on any atom is 0.256 e. The summed E-state index contributed by atoms with van der Waals surface area (Å²) in [5.41, 5.74) is 2.81. The summed E-state index contributed by atoms with van der Waals surface area (Å²) >= 11 is 0. The average molecular weight is 444 g/mol. The first-order valence-corrected chi connectivity index (χ1v) is 11.1. The highest BCUT2D eigenvalue weighted by molar-refractivity contribution is 5.94. The van der Waals surface area contributed by atoms with Crippen molar-refractivity contribution in [3.8, 4) is 11.3 Å². The molecule has 0 saturated carbocycles. The van der Waals surface area contributed by atoms with Crippen LogP contribution in [0.25, 0.3) is 22.3 Å². The SMILES string of the molecule is O=C(c1ccccc1F)N1CCC(N2C[C](n3cc(-c4ncnc5[nH]ccc45)cn3)C2)CC1. The summed E-state index contributed by atoms with van der Waals surface area (Å²) in [5.74, 6) is -0.669. The molecule has 1 aromatic carbocycles. The van der Waals surface area contributed by atoms with E-state index < -0.39 is 5.82 Å². The summed E-state index contributed by atoms with van der Waals surface area (Å²) in [4.78, 5) is 28.6. The Morgan fingerprint density at radius 3 is 2.73 bits per heavy atom. The molecule has 0 bridgehead atoms. The lowest BCUT2D eigenvalue weighted by atomic mass is 9.97. The highest BCUT2D eigenvalue weighted by Gasteiger charge is 2.37. The number of halogens is 1. The number of piperidine rings is 1. The molecule has 2 fully saturated rings. The minimum atomic E-state index is -0.454. The van der Waals surface area contributed by atoms with Crippen LogP contribution in [0.1, 0.15) is 23.2 Å². The molecule has 1 radical (unpaired) electrons. The molecule has 4 aromatic rings. The highest BCUT2D eigenvalue weighted by Crippen LogP contribution is 2.30. The molecule has 5 heterocycles. The van der Waals surface area contributed by atoms with E-state index >= 15 is 0 Å². The minimum Gasteiger partial charge on any atom is -0.346 e. The van der Waals surface area contributed by atoms with Gasteiger partial charge in [0.15, 0.2) is 0 Å². The third-order valence-electron chi connectivity index (χ3n) is 6.68. The van der Waals surface area contributed by atoms with Crippen molar-refractivity contribution in [2.45, 2.75) is 18.9 Å². The Kier molecular flexibility index (Phi) is 4.91. The van der Waals surface area contributed by atoms with Crippen LogP contribution in [-0.2, 0) is 0 Å². The summed E-state index contributed by atoms with van der Waals surface area (Å²) in [6.07, 6.45) is 9.08. The largest absolute Gasteiger partial charge is 0.346 e. The number of aromatic amines is 1. The van der Waals surface area contributed by atoms with Gasteiger partial charge in [0.25, 0.3) is 5.91 Å². The number of carbonyl (C=O) groups excluding carboxylic acids is 1. The number of benzene rings is 1. The number of hydrogen-bond donors (Lipinski definition) is 1. The Balaban J connectivity index is 1.05. The standard InChI is InChI=1S/C24H23FN7O/c25-21-4-2-1-3-19(21)24(33)30-9-6-17(7-10-30)31-13-18(14-31)32-12-16(11-29-32)22-20-5-8-26-23(20)28-15-27-22/h1-5,8,11-12,15,17H,6-7,9-10,13-14H2,(H,26,27,28). The molecule has 9 heteroatoms. The van der Waals surface area contributed by atoms with Gasteiger partial charge >= 0.3 is 0 Å². The van der Waals surface area contributed by atoms with Crippen molar-refractivity contribution in [2.24, 2.45) is 0 Å². The van der Waals surface area contributed by atoms with Gasteiger partial charge in [-0.2, -0.15) is 5.10 Å². The molecule has 6 rings (SSSR count). The van der Waals surface area contributed by atoms with Gasteiger partial charge in [-0.05, 0) is 31.0 Å². The molecule has 2 aliphatic rings. The van der Waals surface area contributed by atoms with Crippen molar-refractivity contribution >= 4 is 16.9 Å². The number of H-pyrrole nitrogens is 1. The van der Waals surface area contributed by atoms with Crippen molar-refractivity contribution < 1.29 is 9.18 Å². The van der Waals surface area contributed by atoms with Gasteiger partial charge in [0.1, 0.15) is 23.8 Å². The van der Waals surface area contributed by atoms with E-state index in [0.29, 0.717) is 19.1 Å². The van der Waals surface area contributed by atoms with E-state index in [1.807, 2.05) is 29.3 Å². The van der Waals surface area contributed by atoms with Crippen molar-refractivity contribution in [3.63, 3.8) is 0 Å². The highest BCUT2D eigenvalue weighted by atomic mass is 19.1. The summed E-state index contributed by atoms with van der Waals surface area (Å²) in [7, 11) is 0. The van der Waals surface area contributed by atoms with E-state index in [4.69, 9.17) is 0 Å². The molecular weight excluding hydrogens is 421 g/mol. The van der Waals surface area contributed by atoms with Crippen molar-refractivity contribution in [1.82, 2.24) is 34.5 Å². The number of aromatic nitrogens is 5. The van der Waals surface area contributed by atoms with Crippen LogP contribution in [0, 0.1) is 11.9 Å². The maximum absolute atomic E-state index is 14.0. The summed E-state index contributed by atoms with van der Waals surface area (Å²) in [6, 6.07) is 9.84. The van der Waals surface area contributed by atoms with Gasteiger partial charge in [0, 0.05) is 55.6 Å². The van der Waals surface area contributed by atoms with Crippen molar-refractivity contribution in [2.75, 3.05) is 26.2 Å². The molecule has 2 saturated heterocycles. The second-order valence-electron chi connectivity index (χ2n) is 8.61. The Hall–Kier alpha value is -3.59. The van der Waals surface area contributed by atoms with Crippen LogP contribution in [0.3, 0.4) is 0 Å². The van der Waals surface area contributed by atoms with Gasteiger partial charge in [0.05, 0.1) is 17.5 Å². The smallest absolute Gasteiger partial charge is 0.256 e. The third kappa shape index (κ3) is 3.58. The minimum absolute atomic E-state index is 0.158. The fourth-order valence-electron chi connectivity index (χ4n) is 4.79. The Morgan fingerprint density at radius 1 is 1.09 bits per heavy atom. The Morgan fingerprint density at radius 2 is 1.91 bits per heavy atom. The first-order valence-electron chi connectivity index (χ1n) is 11.1. The van der Waals surface area contributed by atoms with Crippen LogP contribution >= 0.6 is 0 Å². The van der Waals surface area contributed by atoms with Crippen LogP contribution in [0.15, 0.2) is 55.2 Å². The number of nitrogens with zero attached hydrogens (tertiary/aromatic N) is 6. The fourth-order valence-corrected chi connectivity index (χ4v) is 4.79. The first-order chi connectivity index (χ1) is 16.2. The van der Waals surface area contributed by atoms with Crippen molar-refractivity contribution in [1.29, 1.82) is 0 Å². The Bertz CT molecular complexity index is 1300.